The molecule has 100 valence electrons. The normalized spacial score (nSPS) is 13.2. The van der Waals surface area contributed by atoms with Gasteiger partial charge in [0.2, 0.25) is 0 Å². The van der Waals surface area contributed by atoms with Crippen LogP contribution in [0.1, 0.15) is 45.4 Å². The third-order valence-electron chi connectivity index (χ3n) is 2.48. The van der Waals surface area contributed by atoms with Crippen LogP contribution in [0.3, 0.4) is 0 Å². The van der Waals surface area contributed by atoms with Crippen molar-refractivity contribution >= 4 is 5.91 Å². The van der Waals surface area contributed by atoms with Crippen LogP contribution in [0.5, 0.6) is 0 Å². The third kappa shape index (κ3) is 7.82. The van der Waals surface area contributed by atoms with Crippen molar-refractivity contribution in [1.82, 2.24) is 5.32 Å². The van der Waals surface area contributed by atoms with Gasteiger partial charge in [0.25, 0.3) is 0 Å². The number of alkyl halides is 3. The monoisotopic (exact) mass is 251 g/mol. The highest BCUT2D eigenvalue weighted by molar-refractivity contribution is 5.82. The number of halogens is 3. The van der Waals surface area contributed by atoms with Crippen molar-refractivity contribution in [3.05, 3.63) is 12.7 Å². The molecule has 0 rings (SSSR count). The van der Waals surface area contributed by atoms with E-state index in [9.17, 15) is 18.0 Å². The standard InChI is InChI=1S/C12H20F3NO/c1-3-5-6-7-8-9-10(4-2)16-11(17)12(13,14)15/h4,10H,2-3,5-9H2,1H3,(H,16,17)/t10-/m0/s1. The average molecular weight is 251 g/mol. The Morgan fingerprint density at radius 1 is 1.29 bits per heavy atom. The Hall–Kier alpha value is -1.00. The average Bonchev–Trinajstić information content (AvgIpc) is 2.25. The van der Waals surface area contributed by atoms with E-state index in [1.165, 1.54) is 6.08 Å². The van der Waals surface area contributed by atoms with Crippen LogP contribution < -0.4 is 5.32 Å². The number of hydrogen-bond acceptors (Lipinski definition) is 1. The first-order valence-corrected chi connectivity index (χ1v) is 5.92. The number of hydrogen-bond donors (Lipinski definition) is 1. The van der Waals surface area contributed by atoms with Gasteiger partial charge in [-0.2, -0.15) is 13.2 Å². The lowest BCUT2D eigenvalue weighted by atomic mass is 10.1. The van der Waals surface area contributed by atoms with Gasteiger partial charge in [-0.15, -0.1) is 6.58 Å². The molecule has 0 aliphatic carbocycles. The highest BCUT2D eigenvalue weighted by Crippen LogP contribution is 2.15. The van der Waals surface area contributed by atoms with Gasteiger partial charge in [0.15, 0.2) is 0 Å². The first-order chi connectivity index (χ1) is 7.91. The van der Waals surface area contributed by atoms with Gasteiger partial charge in [0.05, 0.1) is 0 Å². The lowest BCUT2D eigenvalue weighted by Crippen LogP contribution is -2.42. The molecular formula is C12H20F3NO. The number of carbonyl (C=O) groups is 1. The summed E-state index contributed by atoms with van der Waals surface area (Å²) in [5.74, 6) is -1.89. The van der Waals surface area contributed by atoms with Crippen LogP contribution in [0.15, 0.2) is 12.7 Å². The highest BCUT2D eigenvalue weighted by atomic mass is 19.4. The van der Waals surface area contributed by atoms with E-state index in [4.69, 9.17) is 0 Å². The minimum Gasteiger partial charge on any atom is -0.342 e. The molecule has 0 unspecified atom stereocenters. The van der Waals surface area contributed by atoms with Gasteiger partial charge >= 0.3 is 12.1 Å². The molecule has 5 heteroatoms. The van der Waals surface area contributed by atoms with Gasteiger partial charge in [-0.3, -0.25) is 4.79 Å². The van der Waals surface area contributed by atoms with Gasteiger partial charge in [0.1, 0.15) is 0 Å². The summed E-state index contributed by atoms with van der Waals surface area (Å²) in [6, 6.07) is -0.592. The van der Waals surface area contributed by atoms with Gasteiger partial charge in [-0.25, -0.2) is 0 Å². The summed E-state index contributed by atoms with van der Waals surface area (Å²) in [6.07, 6.45) is 2.15. The number of nitrogens with one attached hydrogen (secondary N) is 1. The molecule has 2 nitrogen and oxygen atoms in total. The maximum absolute atomic E-state index is 12.0. The fourth-order valence-corrected chi connectivity index (χ4v) is 1.47. The van der Waals surface area contributed by atoms with Crippen LogP contribution in [0, 0.1) is 0 Å². The topological polar surface area (TPSA) is 29.1 Å². The van der Waals surface area contributed by atoms with Crippen molar-refractivity contribution in [3.63, 3.8) is 0 Å². The van der Waals surface area contributed by atoms with Crippen molar-refractivity contribution in [2.45, 2.75) is 57.7 Å². The molecule has 0 bridgehead atoms. The molecule has 1 amide bonds. The molecule has 0 aliphatic rings. The maximum Gasteiger partial charge on any atom is 0.471 e. The Balaban J connectivity index is 3.85. The number of rotatable bonds is 8. The van der Waals surface area contributed by atoms with E-state index in [2.05, 4.69) is 13.5 Å². The summed E-state index contributed by atoms with van der Waals surface area (Å²) in [5, 5.41) is 1.92. The largest absolute Gasteiger partial charge is 0.471 e. The number of unbranched alkanes of at least 4 members (excludes halogenated alkanes) is 4. The Labute approximate surface area is 100 Å². The molecule has 0 spiro atoms. The SMILES string of the molecule is C=C[C@@H](CCCCCCC)NC(=O)C(F)(F)F. The smallest absolute Gasteiger partial charge is 0.342 e. The zero-order chi connectivity index (χ0) is 13.3. The molecule has 17 heavy (non-hydrogen) atoms. The minimum absolute atomic E-state index is 0.509. The predicted octanol–water partition coefficient (Wildman–Crippen LogP) is 3.58. The Morgan fingerprint density at radius 3 is 2.35 bits per heavy atom. The van der Waals surface area contributed by atoms with E-state index >= 15 is 0 Å². The van der Waals surface area contributed by atoms with Crippen molar-refractivity contribution in [3.8, 4) is 0 Å². The molecule has 0 aromatic carbocycles. The number of amides is 1. The van der Waals surface area contributed by atoms with E-state index in [-0.39, 0.29) is 0 Å². The van der Waals surface area contributed by atoms with Crippen LogP contribution in [-0.2, 0) is 4.79 Å². The molecular weight excluding hydrogens is 231 g/mol. The summed E-state index contributed by atoms with van der Waals surface area (Å²) in [4.78, 5) is 10.7. The van der Waals surface area contributed by atoms with Crippen LogP contribution in [0.2, 0.25) is 0 Å². The molecule has 0 radical (unpaired) electrons. The Bertz CT molecular complexity index is 238. The zero-order valence-corrected chi connectivity index (χ0v) is 10.1. The first kappa shape index (κ1) is 16.0. The Morgan fingerprint density at radius 2 is 1.88 bits per heavy atom. The van der Waals surface area contributed by atoms with Crippen LogP contribution in [0.25, 0.3) is 0 Å². The van der Waals surface area contributed by atoms with Crippen molar-refractivity contribution in [2.75, 3.05) is 0 Å². The van der Waals surface area contributed by atoms with Crippen LogP contribution >= 0.6 is 0 Å². The summed E-state index contributed by atoms with van der Waals surface area (Å²) in [7, 11) is 0. The fourth-order valence-electron chi connectivity index (χ4n) is 1.47. The van der Waals surface area contributed by atoms with Crippen LogP contribution in [-0.4, -0.2) is 18.1 Å². The molecule has 0 heterocycles. The second-order valence-electron chi connectivity index (χ2n) is 4.02. The van der Waals surface area contributed by atoms with E-state index in [1.54, 1.807) is 0 Å². The summed E-state index contributed by atoms with van der Waals surface area (Å²) in [6.45, 7) is 5.52. The first-order valence-electron chi connectivity index (χ1n) is 5.92. The molecule has 0 saturated heterocycles. The van der Waals surface area contributed by atoms with E-state index in [1.807, 2.05) is 5.32 Å². The fraction of sp³-hybridized carbons (Fsp3) is 0.750. The lowest BCUT2D eigenvalue weighted by Gasteiger charge is -2.15. The molecule has 0 fully saturated rings. The van der Waals surface area contributed by atoms with Crippen molar-refractivity contribution < 1.29 is 18.0 Å². The molecule has 0 aromatic heterocycles. The summed E-state index contributed by atoms with van der Waals surface area (Å²) in [5.41, 5.74) is 0. The number of carbonyl (C=O) groups excluding carboxylic acids is 1. The summed E-state index contributed by atoms with van der Waals surface area (Å²) >= 11 is 0. The predicted molar refractivity (Wildman–Crippen MR) is 61.6 cm³/mol. The minimum atomic E-state index is -4.82. The van der Waals surface area contributed by atoms with Gasteiger partial charge in [-0.1, -0.05) is 45.1 Å². The lowest BCUT2D eigenvalue weighted by molar-refractivity contribution is -0.174. The van der Waals surface area contributed by atoms with Gasteiger partial charge in [0, 0.05) is 6.04 Å². The third-order valence-corrected chi connectivity index (χ3v) is 2.48. The van der Waals surface area contributed by atoms with Crippen molar-refractivity contribution in [1.29, 1.82) is 0 Å². The highest BCUT2D eigenvalue weighted by Gasteiger charge is 2.39. The molecule has 0 aromatic rings. The van der Waals surface area contributed by atoms with Crippen molar-refractivity contribution in [2.24, 2.45) is 0 Å². The van der Waals surface area contributed by atoms with E-state index in [0.717, 1.165) is 32.1 Å². The second kappa shape index (κ2) is 8.14. The molecule has 1 N–H and O–H groups in total. The molecule has 0 aliphatic heterocycles. The Kier molecular flexibility index (Phi) is 7.66. The van der Waals surface area contributed by atoms with E-state index in [0.29, 0.717) is 6.42 Å². The summed E-state index contributed by atoms with van der Waals surface area (Å²) < 4.78 is 36.0. The van der Waals surface area contributed by atoms with Gasteiger partial charge in [-0.05, 0) is 6.42 Å². The molecule has 1 atom stereocenters. The zero-order valence-electron chi connectivity index (χ0n) is 10.1. The maximum atomic E-state index is 12.0. The quantitative estimate of drug-likeness (QED) is 0.518. The second-order valence-corrected chi connectivity index (χ2v) is 4.02. The molecule has 0 saturated carbocycles. The van der Waals surface area contributed by atoms with E-state index < -0.39 is 18.1 Å². The van der Waals surface area contributed by atoms with Crippen LogP contribution in [0.4, 0.5) is 13.2 Å². The van der Waals surface area contributed by atoms with Gasteiger partial charge < -0.3 is 5.32 Å².